The third-order valence-electron chi connectivity index (χ3n) is 3.76. The van der Waals surface area contributed by atoms with Crippen LogP contribution in [0.2, 0.25) is 5.02 Å². The zero-order valence-electron chi connectivity index (χ0n) is 13.4. The first-order chi connectivity index (χ1) is 12.1. The van der Waals surface area contributed by atoms with Crippen LogP contribution in [-0.4, -0.2) is 29.7 Å². The van der Waals surface area contributed by atoms with E-state index >= 15 is 0 Å². The number of alkyl halides is 3. The minimum Gasteiger partial charge on any atom is -0.341 e. The molecule has 0 aliphatic rings. The van der Waals surface area contributed by atoms with Gasteiger partial charge in [0.1, 0.15) is 5.82 Å². The van der Waals surface area contributed by atoms with Crippen LogP contribution in [0.25, 0.3) is 11.0 Å². The maximum absolute atomic E-state index is 13.0. The number of halogens is 4. The van der Waals surface area contributed by atoms with Crippen LogP contribution in [-0.2, 0) is 22.7 Å². The van der Waals surface area contributed by atoms with E-state index in [0.29, 0.717) is 17.4 Å². The fourth-order valence-corrected chi connectivity index (χ4v) is 3.82. The average molecular weight is 404 g/mol. The fraction of sp³-hybridized carbons (Fsp3) is 0.188. The van der Waals surface area contributed by atoms with Crippen LogP contribution in [0.3, 0.4) is 0 Å². The molecular formula is C16H13ClF3N3O2S. The summed E-state index contributed by atoms with van der Waals surface area (Å²) >= 11 is 5.54. The van der Waals surface area contributed by atoms with E-state index in [2.05, 4.69) is 9.97 Å². The number of hydrogen-bond donors (Lipinski definition) is 1. The van der Waals surface area contributed by atoms with Crippen LogP contribution in [0.5, 0.6) is 0 Å². The highest BCUT2D eigenvalue weighted by molar-refractivity contribution is 7.89. The first kappa shape index (κ1) is 18.7. The van der Waals surface area contributed by atoms with Crippen molar-refractivity contribution in [2.45, 2.75) is 17.6 Å². The molecule has 0 amide bonds. The predicted molar refractivity (Wildman–Crippen MR) is 91.2 cm³/mol. The molecule has 0 aliphatic heterocycles. The second kappa shape index (κ2) is 6.57. The molecule has 2 aromatic carbocycles. The normalized spacial score (nSPS) is 12.8. The highest BCUT2D eigenvalue weighted by Gasteiger charge is 2.35. The number of aromatic amines is 1. The lowest BCUT2D eigenvalue weighted by Gasteiger charge is -2.17. The first-order valence-electron chi connectivity index (χ1n) is 7.36. The Morgan fingerprint density at radius 1 is 1.19 bits per heavy atom. The number of para-hydroxylation sites is 2. The van der Waals surface area contributed by atoms with E-state index in [4.69, 9.17) is 11.6 Å². The second-order valence-corrected chi connectivity index (χ2v) is 8.05. The van der Waals surface area contributed by atoms with E-state index in [1.165, 1.54) is 7.05 Å². The molecule has 1 aromatic heterocycles. The quantitative estimate of drug-likeness (QED) is 0.714. The Kier molecular flexibility index (Phi) is 4.72. The third kappa shape index (κ3) is 3.55. The van der Waals surface area contributed by atoms with E-state index < -0.39 is 31.7 Å². The van der Waals surface area contributed by atoms with E-state index in [9.17, 15) is 21.6 Å². The van der Waals surface area contributed by atoms with E-state index in [-0.39, 0.29) is 6.54 Å². The molecule has 0 aliphatic carbocycles. The Balaban J connectivity index is 1.92. The lowest BCUT2D eigenvalue weighted by Crippen LogP contribution is -2.27. The number of H-pyrrole nitrogens is 1. The van der Waals surface area contributed by atoms with Crippen molar-refractivity contribution in [3.8, 4) is 0 Å². The van der Waals surface area contributed by atoms with Gasteiger partial charge in [-0.2, -0.15) is 17.5 Å². The molecule has 138 valence electrons. The largest absolute Gasteiger partial charge is 0.417 e. The molecule has 0 atom stereocenters. The molecule has 1 heterocycles. The topological polar surface area (TPSA) is 66.1 Å². The lowest BCUT2D eigenvalue weighted by atomic mass is 10.2. The number of sulfonamides is 1. The summed E-state index contributed by atoms with van der Waals surface area (Å²) in [7, 11) is -2.89. The van der Waals surface area contributed by atoms with Crippen LogP contribution in [0.4, 0.5) is 13.2 Å². The number of benzene rings is 2. The third-order valence-corrected chi connectivity index (χ3v) is 5.89. The van der Waals surface area contributed by atoms with Gasteiger partial charge in [-0.1, -0.05) is 23.7 Å². The standard InChI is InChI=1S/C16H13ClF3N3O2S/c1-23(9-15-21-13-4-2-3-5-14(13)22-15)26(24,25)10-6-7-12(17)11(8-10)16(18,19)20/h2-8H,9H2,1H3,(H,21,22). The smallest absolute Gasteiger partial charge is 0.341 e. The van der Waals surface area contributed by atoms with Gasteiger partial charge in [-0.15, -0.1) is 0 Å². The van der Waals surface area contributed by atoms with Crippen molar-refractivity contribution in [1.29, 1.82) is 0 Å². The van der Waals surface area contributed by atoms with Gasteiger partial charge in [0.2, 0.25) is 10.0 Å². The molecule has 5 nitrogen and oxygen atoms in total. The van der Waals surface area contributed by atoms with Gasteiger partial charge in [-0.25, -0.2) is 13.4 Å². The number of hydrogen-bond acceptors (Lipinski definition) is 3. The first-order valence-corrected chi connectivity index (χ1v) is 9.17. The summed E-state index contributed by atoms with van der Waals surface area (Å²) in [6.07, 6.45) is -4.75. The summed E-state index contributed by atoms with van der Waals surface area (Å²) < 4.78 is 65.1. The molecule has 0 spiro atoms. The predicted octanol–water partition coefficient (Wildman–Crippen LogP) is 4.06. The van der Waals surface area contributed by atoms with E-state index in [0.717, 1.165) is 22.0 Å². The molecule has 0 bridgehead atoms. The van der Waals surface area contributed by atoms with Crippen molar-refractivity contribution in [1.82, 2.24) is 14.3 Å². The molecule has 26 heavy (non-hydrogen) atoms. The zero-order chi connectivity index (χ0) is 19.1. The minimum absolute atomic E-state index is 0.124. The molecular weight excluding hydrogens is 391 g/mol. The molecule has 3 rings (SSSR count). The monoisotopic (exact) mass is 403 g/mol. The van der Waals surface area contributed by atoms with Crippen molar-refractivity contribution in [2.24, 2.45) is 0 Å². The number of imidazole rings is 1. The summed E-state index contributed by atoms with van der Waals surface area (Å²) in [5.41, 5.74) is 0.204. The van der Waals surface area contributed by atoms with Crippen LogP contribution < -0.4 is 0 Å². The van der Waals surface area contributed by atoms with Crippen molar-refractivity contribution in [2.75, 3.05) is 7.05 Å². The van der Waals surface area contributed by atoms with Crippen molar-refractivity contribution in [3.63, 3.8) is 0 Å². The molecule has 0 unspecified atom stereocenters. The molecule has 0 fully saturated rings. The van der Waals surface area contributed by atoms with Crippen LogP contribution >= 0.6 is 11.6 Å². The van der Waals surface area contributed by atoms with Gasteiger partial charge < -0.3 is 4.98 Å². The van der Waals surface area contributed by atoms with Crippen molar-refractivity contribution >= 4 is 32.7 Å². The summed E-state index contributed by atoms with van der Waals surface area (Å²) in [5.74, 6) is 0.377. The Morgan fingerprint density at radius 2 is 1.88 bits per heavy atom. The molecule has 10 heteroatoms. The fourth-order valence-electron chi connectivity index (χ4n) is 2.44. The summed E-state index contributed by atoms with van der Waals surface area (Å²) in [6.45, 7) is -0.124. The van der Waals surface area contributed by atoms with E-state index in [1.54, 1.807) is 24.3 Å². The van der Waals surface area contributed by atoms with Crippen LogP contribution in [0.15, 0.2) is 47.4 Å². The van der Waals surface area contributed by atoms with Crippen molar-refractivity contribution < 1.29 is 21.6 Å². The van der Waals surface area contributed by atoms with Crippen molar-refractivity contribution in [3.05, 3.63) is 58.9 Å². The minimum atomic E-state index is -4.75. The Labute approximate surface area is 152 Å². The number of nitrogens with zero attached hydrogens (tertiary/aromatic N) is 2. The summed E-state index contributed by atoms with van der Waals surface area (Å²) in [5, 5.41) is -0.559. The van der Waals surface area contributed by atoms with E-state index in [1.807, 2.05) is 0 Å². The van der Waals surface area contributed by atoms with Crippen LogP contribution in [0.1, 0.15) is 11.4 Å². The van der Waals surface area contributed by atoms with Gasteiger partial charge in [0.05, 0.1) is 33.1 Å². The lowest BCUT2D eigenvalue weighted by molar-refractivity contribution is -0.137. The van der Waals surface area contributed by atoms with Gasteiger partial charge in [0.15, 0.2) is 0 Å². The van der Waals surface area contributed by atoms with Gasteiger partial charge in [-0.3, -0.25) is 0 Å². The number of aromatic nitrogens is 2. The van der Waals surface area contributed by atoms with Gasteiger partial charge in [0.25, 0.3) is 0 Å². The Hall–Kier alpha value is -2.10. The van der Waals surface area contributed by atoms with Gasteiger partial charge in [0, 0.05) is 7.05 Å². The zero-order valence-corrected chi connectivity index (χ0v) is 15.0. The average Bonchev–Trinajstić information content (AvgIpc) is 2.96. The van der Waals surface area contributed by atoms with Gasteiger partial charge >= 0.3 is 6.18 Å². The number of fused-ring (bicyclic) bond motifs is 1. The number of rotatable bonds is 4. The molecule has 0 saturated heterocycles. The SMILES string of the molecule is CN(Cc1nc2ccccc2[nH]1)S(=O)(=O)c1ccc(Cl)c(C(F)(F)F)c1. The Morgan fingerprint density at radius 3 is 2.54 bits per heavy atom. The summed E-state index contributed by atoms with van der Waals surface area (Å²) in [4.78, 5) is 6.75. The highest BCUT2D eigenvalue weighted by atomic mass is 35.5. The van der Waals surface area contributed by atoms with Gasteiger partial charge in [-0.05, 0) is 30.3 Å². The maximum Gasteiger partial charge on any atom is 0.417 e. The molecule has 0 saturated carbocycles. The van der Waals surface area contributed by atoms with Crippen LogP contribution in [0, 0.1) is 0 Å². The second-order valence-electron chi connectivity index (χ2n) is 5.60. The molecule has 3 aromatic rings. The highest BCUT2D eigenvalue weighted by Crippen LogP contribution is 2.36. The Bertz CT molecular complexity index is 1030. The summed E-state index contributed by atoms with van der Waals surface area (Å²) in [6, 6.07) is 9.64. The molecule has 0 radical (unpaired) electrons. The molecule has 1 N–H and O–H groups in total. The maximum atomic E-state index is 13.0. The number of nitrogens with one attached hydrogen (secondary N) is 1.